The van der Waals surface area contributed by atoms with Gasteiger partial charge in [-0.05, 0) is 45.4 Å². The molecule has 3 heterocycles. The molecule has 1 amide bonds. The summed E-state index contributed by atoms with van der Waals surface area (Å²) in [5.41, 5.74) is 5.39. The number of carbonyl (C=O) groups excluding carboxylic acids is 1. The van der Waals surface area contributed by atoms with Crippen LogP contribution in [0.1, 0.15) is 48.6 Å². The van der Waals surface area contributed by atoms with E-state index >= 15 is 0 Å². The highest BCUT2D eigenvalue weighted by Crippen LogP contribution is 2.42. The van der Waals surface area contributed by atoms with Gasteiger partial charge in [-0.2, -0.15) is 14.9 Å². The van der Waals surface area contributed by atoms with Crippen molar-refractivity contribution in [3.05, 3.63) is 71.0 Å². The molecule has 2 aromatic carbocycles. The van der Waals surface area contributed by atoms with Crippen molar-refractivity contribution in [2.24, 2.45) is 0 Å². The Morgan fingerprint density at radius 3 is 2.58 bits per heavy atom. The minimum absolute atomic E-state index is 0.0153. The highest BCUT2D eigenvalue weighted by Gasteiger charge is 2.34. The van der Waals surface area contributed by atoms with E-state index in [4.69, 9.17) is 19.6 Å². The summed E-state index contributed by atoms with van der Waals surface area (Å²) in [5.74, 6) is 1.80. The fraction of sp³-hybridized carbons (Fsp3) is 0.296. The molecule has 1 atom stereocenters. The van der Waals surface area contributed by atoms with E-state index in [-0.39, 0.29) is 30.3 Å². The Hall–Kier alpha value is -4.27. The summed E-state index contributed by atoms with van der Waals surface area (Å²) in [4.78, 5) is 17.5. The Kier molecular flexibility index (Phi) is 6.13. The van der Waals surface area contributed by atoms with Gasteiger partial charge < -0.3 is 14.8 Å². The van der Waals surface area contributed by atoms with E-state index in [0.717, 1.165) is 27.9 Å². The summed E-state index contributed by atoms with van der Waals surface area (Å²) >= 11 is 0. The highest BCUT2D eigenvalue weighted by atomic mass is 16.5. The number of anilines is 1. The number of fused-ring (bicyclic) bond motifs is 1. The molecular formula is C27H28N6O3. The summed E-state index contributed by atoms with van der Waals surface area (Å²) in [6.07, 6.45) is 1.92. The van der Waals surface area contributed by atoms with Crippen LogP contribution in [0.2, 0.25) is 0 Å². The van der Waals surface area contributed by atoms with E-state index in [2.05, 4.69) is 15.5 Å². The Morgan fingerprint density at radius 2 is 1.86 bits per heavy atom. The quantitative estimate of drug-likeness (QED) is 0.426. The van der Waals surface area contributed by atoms with Crippen LogP contribution in [0.3, 0.4) is 0 Å². The third-order valence-corrected chi connectivity index (χ3v) is 6.14. The van der Waals surface area contributed by atoms with Gasteiger partial charge in [0.15, 0.2) is 11.5 Å². The summed E-state index contributed by atoms with van der Waals surface area (Å²) in [6.45, 7) is 7.89. The second kappa shape index (κ2) is 9.41. The smallest absolute Gasteiger partial charge is 0.272 e. The molecule has 9 nitrogen and oxygen atoms in total. The van der Waals surface area contributed by atoms with Gasteiger partial charge in [-0.15, -0.1) is 5.10 Å². The van der Waals surface area contributed by atoms with Crippen LogP contribution in [0.4, 0.5) is 5.82 Å². The van der Waals surface area contributed by atoms with Crippen molar-refractivity contribution in [1.29, 1.82) is 0 Å². The van der Waals surface area contributed by atoms with Gasteiger partial charge >= 0.3 is 0 Å². The number of aryl methyl sites for hydroxylation is 2. The summed E-state index contributed by atoms with van der Waals surface area (Å²) < 4.78 is 13.0. The van der Waals surface area contributed by atoms with E-state index in [1.165, 1.54) is 0 Å². The van der Waals surface area contributed by atoms with Gasteiger partial charge in [0.2, 0.25) is 5.91 Å². The maximum atomic E-state index is 12.8. The molecule has 9 heteroatoms. The molecule has 2 aromatic heterocycles. The van der Waals surface area contributed by atoms with E-state index in [0.29, 0.717) is 23.0 Å². The van der Waals surface area contributed by atoms with Gasteiger partial charge in [0.1, 0.15) is 5.82 Å². The molecular weight excluding hydrogens is 456 g/mol. The lowest BCUT2D eigenvalue weighted by Gasteiger charge is -2.25. The largest absolute Gasteiger partial charge is 0.493 e. The van der Waals surface area contributed by atoms with Crippen LogP contribution in [0.25, 0.3) is 17.2 Å². The molecule has 0 bridgehead atoms. The van der Waals surface area contributed by atoms with Crippen LogP contribution in [-0.4, -0.2) is 44.1 Å². The first kappa shape index (κ1) is 23.5. The first-order valence-electron chi connectivity index (χ1n) is 11.8. The third-order valence-electron chi connectivity index (χ3n) is 6.14. The van der Waals surface area contributed by atoms with Crippen LogP contribution in [0, 0.1) is 13.8 Å². The number of benzene rings is 2. The molecule has 36 heavy (non-hydrogen) atoms. The Morgan fingerprint density at radius 1 is 1.08 bits per heavy atom. The number of ether oxygens (including phenoxy) is 2. The van der Waals surface area contributed by atoms with Crippen molar-refractivity contribution in [2.75, 3.05) is 12.4 Å². The average molecular weight is 485 g/mol. The van der Waals surface area contributed by atoms with Gasteiger partial charge in [-0.3, -0.25) is 4.79 Å². The standard InChI is InChI=1S/C27H28N6O3/c1-15(2)36-22-11-10-19(12-23(22)35-5)20-13-24(34)30-26-25(20)17(4)32-33(26)27-29-21(14-28-31-27)18-8-6-16(3)7-9-18/h6-12,14-15,20H,13H2,1-5H3,(H,30,34). The predicted octanol–water partition coefficient (Wildman–Crippen LogP) is 4.61. The Balaban J connectivity index is 1.57. The second-order valence-corrected chi connectivity index (χ2v) is 9.15. The summed E-state index contributed by atoms with van der Waals surface area (Å²) in [6, 6.07) is 13.8. The van der Waals surface area contributed by atoms with Crippen molar-refractivity contribution in [3.63, 3.8) is 0 Å². The third kappa shape index (κ3) is 4.39. The van der Waals surface area contributed by atoms with Crippen LogP contribution in [-0.2, 0) is 4.79 Å². The molecule has 1 aliphatic rings. The number of hydrogen-bond acceptors (Lipinski definition) is 7. The Bertz CT molecular complexity index is 1430. The lowest BCUT2D eigenvalue weighted by atomic mass is 9.85. The zero-order chi connectivity index (χ0) is 25.4. The maximum absolute atomic E-state index is 12.8. The van der Waals surface area contributed by atoms with Gasteiger partial charge in [0.25, 0.3) is 5.95 Å². The summed E-state index contributed by atoms with van der Waals surface area (Å²) in [5, 5.41) is 16.0. The van der Waals surface area contributed by atoms with Crippen LogP contribution in [0.15, 0.2) is 48.7 Å². The fourth-order valence-corrected chi connectivity index (χ4v) is 4.48. The molecule has 184 valence electrons. The molecule has 0 radical (unpaired) electrons. The lowest BCUT2D eigenvalue weighted by molar-refractivity contribution is -0.116. The molecule has 1 N–H and O–H groups in total. The SMILES string of the molecule is COc1cc(C2CC(=O)Nc3c2c(C)nn3-c2nncc(-c3ccc(C)cc3)n2)ccc1OC(C)C. The first-order chi connectivity index (χ1) is 17.3. The van der Waals surface area contributed by atoms with Crippen molar-refractivity contribution in [1.82, 2.24) is 25.0 Å². The Labute approximate surface area is 209 Å². The average Bonchev–Trinajstić information content (AvgIpc) is 3.20. The van der Waals surface area contributed by atoms with Gasteiger partial charge in [0, 0.05) is 23.5 Å². The maximum Gasteiger partial charge on any atom is 0.272 e. The van der Waals surface area contributed by atoms with Crippen LogP contribution < -0.4 is 14.8 Å². The highest BCUT2D eigenvalue weighted by molar-refractivity contribution is 5.95. The molecule has 0 aliphatic carbocycles. The van der Waals surface area contributed by atoms with Crippen molar-refractivity contribution in [2.45, 2.75) is 46.1 Å². The van der Waals surface area contributed by atoms with Crippen molar-refractivity contribution in [3.8, 4) is 28.7 Å². The number of nitrogens with one attached hydrogen (secondary N) is 1. The van der Waals surface area contributed by atoms with Crippen LogP contribution in [0.5, 0.6) is 11.5 Å². The second-order valence-electron chi connectivity index (χ2n) is 9.15. The minimum Gasteiger partial charge on any atom is -0.493 e. The molecule has 5 rings (SSSR count). The van der Waals surface area contributed by atoms with E-state index in [9.17, 15) is 4.79 Å². The molecule has 1 unspecified atom stereocenters. The van der Waals surface area contributed by atoms with E-state index in [1.54, 1.807) is 18.0 Å². The molecule has 0 saturated heterocycles. The topological polar surface area (TPSA) is 104 Å². The molecule has 0 saturated carbocycles. The number of rotatable bonds is 6. The van der Waals surface area contributed by atoms with E-state index < -0.39 is 0 Å². The van der Waals surface area contributed by atoms with Crippen molar-refractivity contribution >= 4 is 11.7 Å². The number of methoxy groups -OCH3 is 1. The number of nitrogens with zero attached hydrogens (tertiary/aromatic N) is 5. The first-order valence-corrected chi connectivity index (χ1v) is 11.8. The van der Waals surface area contributed by atoms with Gasteiger partial charge in [-0.25, -0.2) is 4.98 Å². The number of carbonyl (C=O) groups is 1. The summed E-state index contributed by atoms with van der Waals surface area (Å²) in [7, 11) is 1.61. The van der Waals surface area contributed by atoms with Gasteiger partial charge in [-0.1, -0.05) is 35.9 Å². The monoisotopic (exact) mass is 484 g/mol. The molecule has 0 spiro atoms. The zero-order valence-electron chi connectivity index (χ0n) is 20.9. The number of amides is 1. The van der Waals surface area contributed by atoms with Gasteiger partial charge in [0.05, 0.1) is 30.8 Å². The lowest BCUT2D eigenvalue weighted by Crippen LogP contribution is -2.25. The normalized spacial score (nSPS) is 14.9. The van der Waals surface area contributed by atoms with E-state index in [1.807, 2.05) is 70.2 Å². The zero-order valence-corrected chi connectivity index (χ0v) is 20.9. The number of aromatic nitrogens is 5. The molecule has 0 fully saturated rings. The number of hydrogen-bond donors (Lipinski definition) is 1. The molecule has 4 aromatic rings. The van der Waals surface area contributed by atoms with Crippen LogP contribution >= 0.6 is 0 Å². The minimum atomic E-state index is -0.210. The fourth-order valence-electron chi connectivity index (χ4n) is 4.48. The molecule has 1 aliphatic heterocycles. The predicted molar refractivity (Wildman–Crippen MR) is 136 cm³/mol. The van der Waals surface area contributed by atoms with Crippen molar-refractivity contribution < 1.29 is 14.3 Å².